The minimum Gasteiger partial charge on any atom is -0.497 e. The Balaban J connectivity index is 1.61. The van der Waals surface area contributed by atoms with Gasteiger partial charge in [-0.15, -0.1) is 0 Å². The molecule has 0 spiro atoms. The highest BCUT2D eigenvalue weighted by Crippen LogP contribution is 2.21. The average Bonchev–Trinajstić information content (AvgIpc) is 2.79. The van der Waals surface area contributed by atoms with Crippen molar-refractivity contribution in [2.24, 2.45) is 0 Å². The molecule has 0 aliphatic heterocycles. The molecular formula is C23H24N4O5. The fourth-order valence-electron chi connectivity index (χ4n) is 2.87. The number of benzene rings is 2. The fraction of sp³-hybridized carbons (Fsp3) is 0.217. The zero-order valence-electron chi connectivity index (χ0n) is 17.8. The zero-order valence-corrected chi connectivity index (χ0v) is 17.8. The summed E-state index contributed by atoms with van der Waals surface area (Å²) < 4.78 is 11.8. The van der Waals surface area contributed by atoms with Crippen LogP contribution in [0.3, 0.4) is 0 Å². The molecule has 0 atom stereocenters. The van der Waals surface area contributed by atoms with Gasteiger partial charge in [0.15, 0.2) is 0 Å². The maximum atomic E-state index is 12.4. The number of hydrogen-bond acceptors (Lipinski definition) is 6. The molecule has 32 heavy (non-hydrogen) atoms. The molecule has 0 unspecified atom stereocenters. The van der Waals surface area contributed by atoms with Gasteiger partial charge in [-0.25, -0.2) is 4.68 Å². The van der Waals surface area contributed by atoms with Gasteiger partial charge in [-0.1, -0.05) is 12.1 Å². The third-order valence-corrected chi connectivity index (χ3v) is 4.41. The molecule has 0 bridgehead atoms. The Bertz CT molecular complexity index is 1140. The Morgan fingerprint density at radius 3 is 2.53 bits per heavy atom. The molecule has 9 nitrogen and oxygen atoms in total. The number of rotatable bonds is 9. The summed E-state index contributed by atoms with van der Waals surface area (Å²) in [6, 6.07) is 17.1. The lowest BCUT2D eigenvalue weighted by Gasteiger charge is -2.10. The van der Waals surface area contributed by atoms with Crippen molar-refractivity contribution in [1.82, 2.24) is 15.1 Å². The second-order valence-corrected chi connectivity index (χ2v) is 6.85. The lowest BCUT2D eigenvalue weighted by atomic mass is 10.1. The smallest absolute Gasteiger partial charge is 0.267 e. The van der Waals surface area contributed by atoms with E-state index in [1.807, 2.05) is 18.2 Å². The van der Waals surface area contributed by atoms with Gasteiger partial charge in [-0.05, 0) is 42.5 Å². The van der Waals surface area contributed by atoms with Crippen molar-refractivity contribution >= 4 is 17.5 Å². The van der Waals surface area contributed by atoms with E-state index in [0.29, 0.717) is 36.0 Å². The first-order valence-electron chi connectivity index (χ1n) is 9.94. The topological polar surface area (TPSA) is 112 Å². The van der Waals surface area contributed by atoms with Crippen molar-refractivity contribution in [1.29, 1.82) is 0 Å². The molecule has 9 heteroatoms. The molecule has 0 aliphatic carbocycles. The average molecular weight is 436 g/mol. The van der Waals surface area contributed by atoms with E-state index in [0.717, 1.165) is 10.2 Å². The quantitative estimate of drug-likeness (QED) is 0.497. The number of ether oxygens (including phenoxy) is 2. The van der Waals surface area contributed by atoms with Gasteiger partial charge in [0, 0.05) is 24.2 Å². The Morgan fingerprint density at radius 2 is 1.81 bits per heavy atom. The van der Waals surface area contributed by atoms with Crippen molar-refractivity contribution < 1.29 is 19.1 Å². The van der Waals surface area contributed by atoms with Crippen LogP contribution in [0.15, 0.2) is 65.5 Å². The van der Waals surface area contributed by atoms with E-state index in [4.69, 9.17) is 9.47 Å². The minimum absolute atomic E-state index is 0.116. The van der Waals surface area contributed by atoms with Crippen molar-refractivity contribution in [3.05, 3.63) is 71.0 Å². The first-order chi connectivity index (χ1) is 15.4. The molecule has 2 N–H and O–H groups in total. The van der Waals surface area contributed by atoms with Gasteiger partial charge in [-0.2, -0.15) is 5.10 Å². The molecule has 1 heterocycles. The molecule has 0 saturated carbocycles. The van der Waals surface area contributed by atoms with Gasteiger partial charge >= 0.3 is 0 Å². The largest absolute Gasteiger partial charge is 0.497 e. The van der Waals surface area contributed by atoms with Gasteiger partial charge in [-0.3, -0.25) is 14.4 Å². The molecule has 0 saturated heterocycles. The Hall–Kier alpha value is -4.14. The van der Waals surface area contributed by atoms with Crippen molar-refractivity contribution in [3.8, 4) is 22.8 Å². The molecule has 2 amide bonds. The summed E-state index contributed by atoms with van der Waals surface area (Å²) in [5.41, 5.74) is 1.50. The molecular weight excluding hydrogens is 412 g/mol. The van der Waals surface area contributed by atoms with Crippen LogP contribution in [0.5, 0.6) is 11.5 Å². The number of hydrogen-bond donors (Lipinski definition) is 2. The molecule has 0 aliphatic rings. The molecule has 0 fully saturated rings. The number of nitrogens with one attached hydrogen (secondary N) is 2. The first kappa shape index (κ1) is 22.5. The van der Waals surface area contributed by atoms with Crippen LogP contribution in [0.25, 0.3) is 11.3 Å². The van der Waals surface area contributed by atoms with E-state index in [1.54, 1.807) is 43.5 Å². The molecule has 0 radical (unpaired) electrons. The van der Waals surface area contributed by atoms with Crippen molar-refractivity contribution in [3.63, 3.8) is 0 Å². The standard InChI is InChI=1S/C23H24N4O5/c1-16(28)24-12-13-32-19-8-6-18(7-9-19)25-22(29)15-27-23(30)11-10-21(26-27)17-4-3-5-20(14-17)31-2/h3-11,14H,12-13,15H2,1-2H3,(H,24,28)(H,25,29). The molecule has 1 aromatic heterocycles. The summed E-state index contributed by atoms with van der Waals surface area (Å²) in [6.45, 7) is 1.95. The van der Waals surface area contributed by atoms with Crippen LogP contribution >= 0.6 is 0 Å². The fourth-order valence-corrected chi connectivity index (χ4v) is 2.87. The number of anilines is 1. The van der Waals surface area contributed by atoms with Gasteiger partial charge < -0.3 is 20.1 Å². The number of amides is 2. The van der Waals surface area contributed by atoms with Gasteiger partial charge in [0.05, 0.1) is 19.3 Å². The highest BCUT2D eigenvalue weighted by molar-refractivity contribution is 5.90. The highest BCUT2D eigenvalue weighted by atomic mass is 16.5. The van der Waals surface area contributed by atoms with Crippen molar-refractivity contribution in [2.45, 2.75) is 13.5 Å². The van der Waals surface area contributed by atoms with Crippen LogP contribution in [-0.4, -0.2) is 41.9 Å². The second kappa shape index (κ2) is 10.8. The maximum absolute atomic E-state index is 12.4. The molecule has 2 aromatic carbocycles. The van der Waals surface area contributed by atoms with Crippen LogP contribution < -0.4 is 25.7 Å². The second-order valence-electron chi connectivity index (χ2n) is 6.85. The zero-order chi connectivity index (χ0) is 22.9. The van der Waals surface area contributed by atoms with Crippen LogP contribution in [0.1, 0.15) is 6.92 Å². The predicted molar refractivity (Wildman–Crippen MR) is 120 cm³/mol. The lowest BCUT2D eigenvalue weighted by molar-refractivity contribution is -0.119. The molecule has 166 valence electrons. The summed E-state index contributed by atoms with van der Waals surface area (Å²) in [5, 5.41) is 9.68. The predicted octanol–water partition coefficient (Wildman–Crippen LogP) is 2.07. The molecule has 3 aromatic rings. The normalized spacial score (nSPS) is 10.3. The third kappa shape index (κ3) is 6.43. The van der Waals surface area contributed by atoms with E-state index in [2.05, 4.69) is 15.7 Å². The van der Waals surface area contributed by atoms with E-state index in [9.17, 15) is 14.4 Å². The highest BCUT2D eigenvalue weighted by Gasteiger charge is 2.09. The number of nitrogens with zero attached hydrogens (tertiary/aromatic N) is 2. The summed E-state index contributed by atoms with van der Waals surface area (Å²) in [4.78, 5) is 35.5. The number of aromatic nitrogens is 2. The summed E-state index contributed by atoms with van der Waals surface area (Å²) in [5.74, 6) is 0.774. The van der Waals surface area contributed by atoms with Crippen LogP contribution in [-0.2, 0) is 16.1 Å². The van der Waals surface area contributed by atoms with E-state index in [-0.39, 0.29) is 23.9 Å². The van der Waals surface area contributed by atoms with Crippen LogP contribution in [0.2, 0.25) is 0 Å². The first-order valence-corrected chi connectivity index (χ1v) is 9.94. The third-order valence-electron chi connectivity index (χ3n) is 4.41. The number of carbonyl (C=O) groups is 2. The maximum Gasteiger partial charge on any atom is 0.267 e. The summed E-state index contributed by atoms with van der Waals surface area (Å²) >= 11 is 0. The van der Waals surface area contributed by atoms with Gasteiger partial charge in [0.1, 0.15) is 24.7 Å². The monoisotopic (exact) mass is 436 g/mol. The lowest BCUT2D eigenvalue weighted by Crippen LogP contribution is -2.29. The van der Waals surface area contributed by atoms with E-state index < -0.39 is 0 Å². The Kier molecular flexibility index (Phi) is 7.58. The SMILES string of the molecule is COc1cccc(-c2ccc(=O)n(CC(=O)Nc3ccc(OCCNC(C)=O)cc3)n2)c1. The number of methoxy groups -OCH3 is 1. The summed E-state index contributed by atoms with van der Waals surface area (Å²) in [6.07, 6.45) is 0. The van der Waals surface area contributed by atoms with Crippen LogP contribution in [0.4, 0.5) is 5.69 Å². The van der Waals surface area contributed by atoms with Gasteiger partial charge in [0.2, 0.25) is 11.8 Å². The van der Waals surface area contributed by atoms with Gasteiger partial charge in [0.25, 0.3) is 5.56 Å². The summed E-state index contributed by atoms with van der Waals surface area (Å²) in [7, 11) is 1.57. The van der Waals surface area contributed by atoms with E-state index >= 15 is 0 Å². The Labute approximate surface area is 185 Å². The Morgan fingerprint density at radius 1 is 1.03 bits per heavy atom. The van der Waals surface area contributed by atoms with Crippen LogP contribution in [0, 0.1) is 0 Å². The van der Waals surface area contributed by atoms with Crippen molar-refractivity contribution in [2.75, 3.05) is 25.6 Å². The molecule has 3 rings (SSSR count). The minimum atomic E-state index is -0.387. The van der Waals surface area contributed by atoms with E-state index in [1.165, 1.54) is 13.0 Å². The number of carbonyl (C=O) groups excluding carboxylic acids is 2.